The lowest BCUT2D eigenvalue weighted by Crippen LogP contribution is -2.39. The van der Waals surface area contributed by atoms with Gasteiger partial charge < -0.3 is 4.90 Å². The molecule has 0 aromatic heterocycles. The first-order valence-electron chi connectivity index (χ1n) is 9.60. The van der Waals surface area contributed by atoms with Gasteiger partial charge in [0.05, 0.1) is 16.5 Å². The third-order valence-electron chi connectivity index (χ3n) is 5.49. The highest BCUT2D eigenvalue weighted by Crippen LogP contribution is 2.30. The number of sulfonamides is 1. The van der Waals surface area contributed by atoms with Crippen LogP contribution in [0.3, 0.4) is 0 Å². The fourth-order valence-corrected chi connectivity index (χ4v) is 5.12. The average Bonchev–Trinajstić information content (AvgIpc) is 2.68. The van der Waals surface area contributed by atoms with E-state index in [1.54, 1.807) is 30.3 Å². The quantitative estimate of drug-likeness (QED) is 0.838. The Kier molecular flexibility index (Phi) is 6.19. The molecule has 1 atom stereocenters. The van der Waals surface area contributed by atoms with Crippen molar-refractivity contribution >= 4 is 10.0 Å². The minimum atomic E-state index is -3.64. The summed E-state index contributed by atoms with van der Waals surface area (Å²) in [5.41, 5.74) is 3.99. The Balaban J connectivity index is 1.92. The molecule has 0 spiro atoms. The molecular weight excluding hydrogens is 370 g/mol. The summed E-state index contributed by atoms with van der Waals surface area (Å²) >= 11 is 0. The number of nitrogens with zero attached hydrogens (tertiary/aromatic N) is 2. The second kappa shape index (κ2) is 8.44. The highest BCUT2D eigenvalue weighted by Gasteiger charge is 2.24. The highest BCUT2D eigenvalue weighted by molar-refractivity contribution is 7.89. The van der Waals surface area contributed by atoms with Crippen molar-refractivity contribution in [3.63, 3.8) is 0 Å². The first kappa shape index (κ1) is 20.5. The largest absolute Gasteiger partial charge is 0.306 e. The summed E-state index contributed by atoms with van der Waals surface area (Å²) in [6.45, 7) is 6.34. The molecule has 0 saturated carbocycles. The van der Waals surface area contributed by atoms with E-state index in [0.717, 1.165) is 42.6 Å². The fourth-order valence-electron chi connectivity index (χ4n) is 3.71. The van der Waals surface area contributed by atoms with Gasteiger partial charge in [0.2, 0.25) is 10.0 Å². The predicted molar refractivity (Wildman–Crippen MR) is 111 cm³/mol. The molecule has 148 valence electrons. The average molecular weight is 398 g/mol. The van der Waals surface area contributed by atoms with E-state index in [0.29, 0.717) is 28.5 Å². The molecule has 2 aromatic rings. The number of piperidine rings is 1. The number of benzene rings is 2. The number of hydrogen-bond donors (Lipinski definition) is 1. The molecule has 0 amide bonds. The molecule has 1 aliphatic heterocycles. The topological polar surface area (TPSA) is 73.2 Å². The minimum Gasteiger partial charge on any atom is -0.306 e. The van der Waals surface area contributed by atoms with E-state index in [1.165, 1.54) is 0 Å². The molecule has 1 aliphatic rings. The summed E-state index contributed by atoms with van der Waals surface area (Å²) < 4.78 is 29.2. The Morgan fingerprint density at radius 2 is 1.86 bits per heavy atom. The van der Waals surface area contributed by atoms with E-state index in [-0.39, 0.29) is 0 Å². The van der Waals surface area contributed by atoms with Gasteiger partial charge >= 0.3 is 0 Å². The van der Waals surface area contributed by atoms with E-state index in [9.17, 15) is 8.42 Å². The van der Waals surface area contributed by atoms with Crippen molar-refractivity contribution in [3.05, 3.63) is 53.1 Å². The normalized spacial score (nSPS) is 18.0. The van der Waals surface area contributed by atoms with Crippen molar-refractivity contribution < 1.29 is 8.42 Å². The number of aryl methyl sites for hydroxylation is 2. The molecule has 1 N–H and O–H groups in total. The molecule has 1 fully saturated rings. The molecule has 6 heteroatoms. The van der Waals surface area contributed by atoms with Gasteiger partial charge in [-0.2, -0.15) is 5.26 Å². The van der Waals surface area contributed by atoms with Gasteiger partial charge in [-0.15, -0.1) is 0 Å². The molecule has 5 nitrogen and oxygen atoms in total. The summed E-state index contributed by atoms with van der Waals surface area (Å²) in [6, 6.07) is 12.8. The number of nitriles is 1. The van der Waals surface area contributed by atoms with Crippen LogP contribution in [0.1, 0.15) is 29.5 Å². The third kappa shape index (κ3) is 4.61. The second-order valence-electron chi connectivity index (χ2n) is 7.74. The third-order valence-corrected chi connectivity index (χ3v) is 6.96. The Hall–Kier alpha value is -2.20. The Morgan fingerprint density at radius 1 is 1.18 bits per heavy atom. The Bertz CT molecular complexity index is 992. The van der Waals surface area contributed by atoms with Gasteiger partial charge in [0, 0.05) is 18.7 Å². The van der Waals surface area contributed by atoms with Crippen LogP contribution in [0.5, 0.6) is 0 Å². The zero-order valence-electron chi connectivity index (χ0n) is 16.7. The van der Waals surface area contributed by atoms with Crippen LogP contribution in [0.2, 0.25) is 0 Å². The molecule has 2 aromatic carbocycles. The van der Waals surface area contributed by atoms with E-state index >= 15 is 0 Å². The maximum absolute atomic E-state index is 13.2. The van der Waals surface area contributed by atoms with Gasteiger partial charge in [0.25, 0.3) is 0 Å². The number of likely N-dealkylation sites (tertiary alicyclic amines) is 1. The second-order valence-corrected chi connectivity index (χ2v) is 9.48. The predicted octanol–water partition coefficient (Wildman–Crippen LogP) is 3.46. The lowest BCUT2D eigenvalue weighted by atomic mass is 9.99. The van der Waals surface area contributed by atoms with Gasteiger partial charge in [-0.05, 0) is 87.2 Å². The van der Waals surface area contributed by atoms with Gasteiger partial charge in [-0.25, -0.2) is 13.1 Å². The summed E-state index contributed by atoms with van der Waals surface area (Å²) in [7, 11) is -1.57. The van der Waals surface area contributed by atoms with Crippen LogP contribution in [0.4, 0.5) is 0 Å². The van der Waals surface area contributed by atoms with E-state index < -0.39 is 10.0 Å². The van der Waals surface area contributed by atoms with E-state index in [2.05, 4.69) is 22.7 Å². The van der Waals surface area contributed by atoms with Gasteiger partial charge in [-0.1, -0.05) is 12.1 Å². The maximum Gasteiger partial charge on any atom is 0.241 e. The molecule has 1 heterocycles. The SMILES string of the molecule is Cc1cc(-c2ccc(C#N)cc2)c(S(=O)(=O)NCC2CCCN(C)C2)cc1C. The van der Waals surface area contributed by atoms with Crippen LogP contribution in [-0.2, 0) is 10.0 Å². The number of hydrogen-bond acceptors (Lipinski definition) is 4. The standard InChI is InChI=1S/C22H27N3O2S/c1-16-11-21(20-8-6-18(13-23)7-9-20)22(12-17(16)2)28(26,27)24-14-19-5-4-10-25(3)15-19/h6-9,11-12,19,24H,4-5,10,14-15H2,1-3H3. The molecule has 1 unspecified atom stereocenters. The summed E-state index contributed by atoms with van der Waals surface area (Å²) in [6.07, 6.45) is 2.14. The van der Waals surface area contributed by atoms with E-state index in [1.807, 2.05) is 19.9 Å². The van der Waals surface area contributed by atoms with Crippen molar-refractivity contribution in [2.45, 2.75) is 31.6 Å². The zero-order chi connectivity index (χ0) is 20.3. The van der Waals surface area contributed by atoms with Crippen LogP contribution >= 0.6 is 0 Å². The first-order chi connectivity index (χ1) is 13.3. The monoisotopic (exact) mass is 397 g/mol. The lowest BCUT2D eigenvalue weighted by Gasteiger charge is -2.29. The van der Waals surface area contributed by atoms with Crippen molar-refractivity contribution in [1.82, 2.24) is 9.62 Å². The van der Waals surface area contributed by atoms with Crippen LogP contribution in [0.15, 0.2) is 41.3 Å². The van der Waals surface area contributed by atoms with Crippen LogP contribution in [0, 0.1) is 31.1 Å². The minimum absolute atomic E-state index is 0.296. The molecule has 0 aliphatic carbocycles. The van der Waals surface area contributed by atoms with Crippen molar-refractivity contribution in [2.24, 2.45) is 5.92 Å². The molecule has 1 saturated heterocycles. The highest BCUT2D eigenvalue weighted by atomic mass is 32.2. The summed E-state index contributed by atoms with van der Waals surface area (Å²) in [5, 5.41) is 9.02. The number of rotatable bonds is 5. The zero-order valence-corrected chi connectivity index (χ0v) is 17.5. The smallest absolute Gasteiger partial charge is 0.241 e. The van der Waals surface area contributed by atoms with Gasteiger partial charge in [0.15, 0.2) is 0 Å². The molecular formula is C22H27N3O2S. The van der Waals surface area contributed by atoms with Gasteiger partial charge in [0.1, 0.15) is 0 Å². The van der Waals surface area contributed by atoms with Crippen molar-refractivity contribution in [3.8, 4) is 17.2 Å². The molecule has 28 heavy (non-hydrogen) atoms. The summed E-state index contributed by atoms with van der Waals surface area (Å²) in [4.78, 5) is 2.55. The molecule has 0 bridgehead atoms. The van der Waals surface area contributed by atoms with Crippen LogP contribution in [0.25, 0.3) is 11.1 Å². The first-order valence-corrected chi connectivity index (χ1v) is 11.1. The van der Waals surface area contributed by atoms with Crippen LogP contribution in [-0.4, -0.2) is 40.0 Å². The van der Waals surface area contributed by atoms with Gasteiger partial charge in [-0.3, -0.25) is 0 Å². The van der Waals surface area contributed by atoms with Crippen molar-refractivity contribution in [1.29, 1.82) is 5.26 Å². The fraction of sp³-hybridized carbons (Fsp3) is 0.409. The maximum atomic E-state index is 13.2. The molecule has 3 rings (SSSR count). The lowest BCUT2D eigenvalue weighted by molar-refractivity contribution is 0.211. The Morgan fingerprint density at radius 3 is 2.50 bits per heavy atom. The van der Waals surface area contributed by atoms with Crippen LogP contribution < -0.4 is 4.72 Å². The Labute approximate surface area is 168 Å². The van der Waals surface area contributed by atoms with E-state index in [4.69, 9.17) is 5.26 Å². The number of nitrogens with one attached hydrogen (secondary N) is 1. The molecule has 0 radical (unpaired) electrons. The van der Waals surface area contributed by atoms with Crippen molar-refractivity contribution in [2.75, 3.05) is 26.7 Å². The summed E-state index contributed by atoms with van der Waals surface area (Å²) in [5.74, 6) is 0.332.